The summed E-state index contributed by atoms with van der Waals surface area (Å²) < 4.78 is 14.9. The van der Waals surface area contributed by atoms with E-state index in [2.05, 4.69) is 0 Å². The Morgan fingerprint density at radius 1 is 0.742 bits per heavy atom. The summed E-state index contributed by atoms with van der Waals surface area (Å²) in [5.41, 5.74) is 1.18. The Hall–Kier alpha value is -3.54. The van der Waals surface area contributed by atoms with E-state index in [1.54, 1.807) is 13.8 Å². The average Bonchev–Trinajstić information content (AvgIpc) is 3.28. The summed E-state index contributed by atoms with van der Waals surface area (Å²) >= 11 is 0. The Kier molecular flexibility index (Phi) is 5.31. The van der Waals surface area contributed by atoms with E-state index in [0.29, 0.717) is 11.1 Å². The van der Waals surface area contributed by atoms with Crippen molar-refractivity contribution in [1.82, 2.24) is 9.13 Å². The topological polar surface area (TPSA) is 62.5 Å². The molecule has 0 aliphatic heterocycles. The monoisotopic (exact) mass is 418 g/mol. The van der Waals surface area contributed by atoms with Crippen LogP contribution in [0.2, 0.25) is 0 Å². The van der Waals surface area contributed by atoms with Gasteiger partial charge in [-0.05, 0) is 26.0 Å². The molecule has 0 amide bonds. The fourth-order valence-electron chi connectivity index (χ4n) is 4.43. The minimum absolute atomic E-state index is 0.148. The Balaban J connectivity index is 2.18. The Bertz CT molecular complexity index is 1180. The molecule has 0 unspecified atom stereocenters. The summed E-state index contributed by atoms with van der Waals surface area (Å²) in [5, 5.41) is 1.61. The Morgan fingerprint density at radius 3 is 1.52 bits per heavy atom. The number of para-hydroxylation sites is 2. The lowest BCUT2D eigenvalue weighted by Gasteiger charge is -2.29. The van der Waals surface area contributed by atoms with Crippen molar-refractivity contribution in [2.45, 2.75) is 19.3 Å². The minimum Gasteiger partial charge on any atom is -0.465 e. The molecule has 160 valence electrons. The van der Waals surface area contributed by atoms with Crippen molar-refractivity contribution in [3.63, 3.8) is 0 Å². The molecular weight excluding hydrogens is 392 g/mol. The molecule has 0 N–H and O–H groups in total. The highest BCUT2D eigenvalue weighted by Gasteiger charge is 2.55. The van der Waals surface area contributed by atoms with Crippen LogP contribution < -0.4 is 0 Å². The van der Waals surface area contributed by atoms with Gasteiger partial charge in [0.1, 0.15) is 0 Å². The van der Waals surface area contributed by atoms with Crippen molar-refractivity contribution in [3.8, 4) is 0 Å². The van der Waals surface area contributed by atoms with Crippen molar-refractivity contribution in [2.24, 2.45) is 14.1 Å². The van der Waals surface area contributed by atoms with Crippen molar-refractivity contribution < 1.29 is 19.1 Å². The predicted octanol–water partition coefficient (Wildman–Crippen LogP) is 4.08. The second-order valence-electron chi connectivity index (χ2n) is 7.53. The molecule has 0 saturated heterocycles. The summed E-state index contributed by atoms with van der Waals surface area (Å²) in [6, 6.07) is 15.4. The lowest BCUT2D eigenvalue weighted by atomic mass is 9.74. The van der Waals surface area contributed by atoms with Crippen molar-refractivity contribution in [1.29, 1.82) is 0 Å². The molecule has 0 saturated carbocycles. The van der Waals surface area contributed by atoms with Crippen LogP contribution in [0, 0.1) is 0 Å². The number of hydrogen-bond acceptors (Lipinski definition) is 4. The van der Waals surface area contributed by atoms with Crippen LogP contribution in [-0.2, 0) is 38.6 Å². The molecule has 0 atom stereocenters. The van der Waals surface area contributed by atoms with Crippen LogP contribution in [-0.4, -0.2) is 34.3 Å². The quantitative estimate of drug-likeness (QED) is 0.350. The standard InChI is InChI=1S/C25H26N2O4/c1-5-30-23(28)25(24(29)31-6-2,19-15-26(3)21-13-9-7-11-17(19)21)20-16-27(4)22-14-10-8-12-18(20)22/h7-16H,5-6H2,1-4H3. The maximum Gasteiger partial charge on any atom is 0.332 e. The molecule has 2 heterocycles. The number of carbonyl (C=O) groups is 2. The first-order valence-electron chi connectivity index (χ1n) is 10.4. The van der Waals surface area contributed by atoms with E-state index in [9.17, 15) is 9.59 Å². The van der Waals surface area contributed by atoms with Crippen LogP contribution in [0.25, 0.3) is 21.8 Å². The number of ether oxygens (including phenoxy) is 2. The highest BCUT2D eigenvalue weighted by Crippen LogP contribution is 2.43. The van der Waals surface area contributed by atoms with Gasteiger partial charge < -0.3 is 18.6 Å². The van der Waals surface area contributed by atoms with Gasteiger partial charge in [-0.1, -0.05) is 36.4 Å². The molecule has 4 aromatic rings. The highest BCUT2D eigenvalue weighted by molar-refractivity contribution is 6.15. The summed E-state index contributed by atoms with van der Waals surface area (Å²) in [7, 11) is 3.80. The molecule has 0 fully saturated rings. The molecule has 0 radical (unpaired) electrons. The van der Waals surface area contributed by atoms with Crippen molar-refractivity contribution in [2.75, 3.05) is 13.2 Å². The molecule has 0 aliphatic carbocycles. The Morgan fingerprint density at radius 2 is 1.13 bits per heavy atom. The second kappa shape index (κ2) is 7.95. The molecule has 0 aliphatic rings. The number of benzene rings is 2. The predicted molar refractivity (Wildman–Crippen MR) is 120 cm³/mol. The molecule has 6 heteroatoms. The molecule has 0 spiro atoms. The molecular formula is C25H26N2O4. The van der Waals surface area contributed by atoms with E-state index < -0.39 is 17.4 Å². The molecule has 0 bridgehead atoms. The summed E-state index contributed by atoms with van der Waals surface area (Å²) in [5.74, 6) is -1.28. The zero-order valence-corrected chi connectivity index (χ0v) is 18.2. The van der Waals surface area contributed by atoms with Gasteiger partial charge in [-0.2, -0.15) is 0 Å². The van der Waals surface area contributed by atoms with Crippen LogP contribution in [0.4, 0.5) is 0 Å². The van der Waals surface area contributed by atoms with Gasteiger partial charge in [-0.3, -0.25) is 9.59 Å². The first kappa shape index (κ1) is 20.7. The average molecular weight is 418 g/mol. The number of fused-ring (bicyclic) bond motifs is 2. The van der Waals surface area contributed by atoms with Gasteiger partial charge in [-0.25, -0.2) is 0 Å². The summed E-state index contributed by atoms with van der Waals surface area (Å²) in [4.78, 5) is 27.5. The number of hydrogen-bond donors (Lipinski definition) is 0. The maximum atomic E-state index is 13.7. The molecule has 31 heavy (non-hydrogen) atoms. The van der Waals surface area contributed by atoms with E-state index in [1.165, 1.54) is 0 Å². The number of aromatic nitrogens is 2. The number of rotatable bonds is 6. The van der Waals surface area contributed by atoms with Gasteiger partial charge in [0.05, 0.1) is 13.2 Å². The van der Waals surface area contributed by atoms with Gasteiger partial charge >= 0.3 is 11.9 Å². The SMILES string of the molecule is CCOC(=O)C(C(=O)OCC)(c1cn(C)c2ccccc12)c1cn(C)c2ccccc12. The van der Waals surface area contributed by atoms with Crippen LogP contribution in [0.15, 0.2) is 60.9 Å². The van der Waals surface area contributed by atoms with E-state index in [4.69, 9.17) is 9.47 Å². The van der Waals surface area contributed by atoms with Gasteiger partial charge in [-0.15, -0.1) is 0 Å². The highest BCUT2D eigenvalue weighted by atomic mass is 16.6. The van der Waals surface area contributed by atoms with Gasteiger partial charge in [0.2, 0.25) is 5.41 Å². The molecule has 2 aromatic heterocycles. The third-order valence-corrected chi connectivity index (χ3v) is 5.77. The lowest BCUT2D eigenvalue weighted by Crippen LogP contribution is -2.47. The van der Waals surface area contributed by atoms with Gasteiger partial charge in [0.25, 0.3) is 0 Å². The van der Waals surface area contributed by atoms with Gasteiger partial charge in [0.15, 0.2) is 0 Å². The van der Waals surface area contributed by atoms with Gasteiger partial charge in [0, 0.05) is 59.4 Å². The number of aryl methyl sites for hydroxylation is 2. The smallest absolute Gasteiger partial charge is 0.332 e. The number of esters is 2. The summed E-state index contributed by atoms with van der Waals surface area (Å²) in [6.45, 7) is 3.77. The molecule has 6 nitrogen and oxygen atoms in total. The summed E-state index contributed by atoms with van der Waals surface area (Å²) in [6.07, 6.45) is 3.67. The zero-order valence-electron chi connectivity index (χ0n) is 18.2. The normalized spacial score (nSPS) is 11.7. The minimum atomic E-state index is -1.76. The van der Waals surface area contributed by atoms with E-state index in [0.717, 1.165) is 21.8 Å². The van der Waals surface area contributed by atoms with E-state index in [-0.39, 0.29) is 13.2 Å². The lowest BCUT2D eigenvalue weighted by molar-refractivity contribution is -0.162. The second-order valence-corrected chi connectivity index (χ2v) is 7.53. The fourth-order valence-corrected chi connectivity index (χ4v) is 4.43. The molecule has 2 aromatic carbocycles. The van der Waals surface area contributed by atoms with Crippen molar-refractivity contribution >= 4 is 33.7 Å². The maximum absolute atomic E-state index is 13.7. The van der Waals surface area contributed by atoms with Crippen LogP contribution in [0.1, 0.15) is 25.0 Å². The Labute approximate surface area is 181 Å². The number of nitrogens with zero attached hydrogens (tertiary/aromatic N) is 2. The molecule has 4 rings (SSSR count). The fraction of sp³-hybridized carbons (Fsp3) is 0.280. The van der Waals surface area contributed by atoms with E-state index in [1.807, 2.05) is 84.2 Å². The first-order chi connectivity index (χ1) is 15.0. The number of carbonyl (C=O) groups excluding carboxylic acids is 2. The van der Waals surface area contributed by atoms with E-state index >= 15 is 0 Å². The largest absolute Gasteiger partial charge is 0.465 e. The van der Waals surface area contributed by atoms with Crippen LogP contribution >= 0.6 is 0 Å². The third-order valence-electron chi connectivity index (χ3n) is 5.77. The third kappa shape index (κ3) is 3.02. The van der Waals surface area contributed by atoms with Crippen LogP contribution in [0.3, 0.4) is 0 Å². The first-order valence-corrected chi connectivity index (χ1v) is 10.4. The van der Waals surface area contributed by atoms with Crippen molar-refractivity contribution in [3.05, 3.63) is 72.1 Å². The van der Waals surface area contributed by atoms with Crippen LogP contribution in [0.5, 0.6) is 0 Å². The zero-order chi connectivity index (χ0) is 22.2.